The SMILES string of the molecule is Cc1ccccc1-n1nnnc1SCC(=O)Nc1c(C#N)c(C)c(C)n1C[C@@H]1CCCO1. The summed E-state index contributed by atoms with van der Waals surface area (Å²) in [6, 6.07) is 10.0. The molecule has 32 heavy (non-hydrogen) atoms. The van der Waals surface area contributed by atoms with Gasteiger partial charge in [0.25, 0.3) is 0 Å². The lowest BCUT2D eigenvalue weighted by Gasteiger charge is -2.16. The summed E-state index contributed by atoms with van der Waals surface area (Å²) in [5, 5.41) is 25.1. The van der Waals surface area contributed by atoms with Crippen molar-refractivity contribution in [3.8, 4) is 11.8 Å². The van der Waals surface area contributed by atoms with Crippen molar-refractivity contribution in [1.82, 2.24) is 24.8 Å². The predicted octanol–water partition coefficient (Wildman–Crippen LogP) is 3.17. The van der Waals surface area contributed by atoms with E-state index in [0.29, 0.717) is 23.1 Å². The van der Waals surface area contributed by atoms with E-state index >= 15 is 0 Å². The smallest absolute Gasteiger partial charge is 0.235 e. The van der Waals surface area contributed by atoms with Crippen LogP contribution in [0.5, 0.6) is 0 Å². The number of benzene rings is 1. The number of anilines is 1. The molecule has 1 saturated heterocycles. The van der Waals surface area contributed by atoms with Gasteiger partial charge in [-0.05, 0) is 61.2 Å². The van der Waals surface area contributed by atoms with E-state index in [1.165, 1.54) is 11.8 Å². The van der Waals surface area contributed by atoms with E-state index in [4.69, 9.17) is 4.74 Å². The number of tetrazole rings is 1. The van der Waals surface area contributed by atoms with Crippen molar-refractivity contribution in [1.29, 1.82) is 5.26 Å². The van der Waals surface area contributed by atoms with Gasteiger partial charge in [0.2, 0.25) is 11.1 Å². The van der Waals surface area contributed by atoms with Gasteiger partial charge in [0.05, 0.1) is 29.7 Å². The second-order valence-electron chi connectivity index (χ2n) is 7.79. The molecule has 1 amide bonds. The Bertz CT molecular complexity index is 1170. The number of thioether (sulfide) groups is 1. The number of nitrogens with one attached hydrogen (secondary N) is 1. The van der Waals surface area contributed by atoms with Gasteiger partial charge in [0.15, 0.2) is 0 Å². The van der Waals surface area contributed by atoms with Crippen LogP contribution in [0.4, 0.5) is 5.82 Å². The third kappa shape index (κ3) is 4.40. The van der Waals surface area contributed by atoms with Crippen LogP contribution in [0.3, 0.4) is 0 Å². The van der Waals surface area contributed by atoms with Crippen LogP contribution >= 0.6 is 11.8 Å². The van der Waals surface area contributed by atoms with E-state index in [1.807, 2.05) is 49.6 Å². The van der Waals surface area contributed by atoms with E-state index in [1.54, 1.807) is 4.68 Å². The zero-order chi connectivity index (χ0) is 22.7. The number of aryl methyl sites for hydroxylation is 1. The quantitative estimate of drug-likeness (QED) is 0.549. The van der Waals surface area contributed by atoms with Crippen LogP contribution in [0.15, 0.2) is 29.4 Å². The number of rotatable bonds is 7. The summed E-state index contributed by atoms with van der Waals surface area (Å²) in [4.78, 5) is 12.8. The number of hydrogen-bond donors (Lipinski definition) is 1. The van der Waals surface area contributed by atoms with Gasteiger partial charge in [-0.3, -0.25) is 4.79 Å². The third-order valence-corrected chi connectivity index (χ3v) is 6.65. The van der Waals surface area contributed by atoms with Crippen LogP contribution < -0.4 is 5.32 Å². The van der Waals surface area contributed by atoms with E-state index < -0.39 is 0 Å². The van der Waals surface area contributed by atoms with Crippen LogP contribution in [-0.2, 0) is 16.1 Å². The van der Waals surface area contributed by atoms with Crippen molar-refractivity contribution in [3.05, 3.63) is 46.6 Å². The summed E-state index contributed by atoms with van der Waals surface area (Å²) in [6.07, 6.45) is 2.10. The number of carbonyl (C=O) groups is 1. The molecule has 0 unspecified atom stereocenters. The van der Waals surface area contributed by atoms with Gasteiger partial charge in [-0.15, -0.1) is 5.10 Å². The Morgan fingerprint density at radius 3 is 2.88 bits per heavy atom. The number of ether oxygens (including phenoxy) is 1. The monoisotopic (exact) mass is 451 g/mol. The first-order chi connectivity index (χ1) is 15.5. The summed E-state index contributed by atoms with van der Waals surface area (Å²) < 4.78 is 9.39. The second-order valence-corrected chi connectivity index (χ2v) is 8.73. The first-order valence-corrected chi connectivity index (χ1v) is 11.5. The molecule has 2 aromatic heterocycles. The Balaban J connectivity index is 1.50. The lowest BCUT2D eigenvalue weighted by atomic mass is 10.2. The van der Waals surface area contributed by atoms with Crippen molar-refractivity contribution in [2.75, 3.05) is 17.7 Å². The maximum atomic E-state index is 12.8. The molecule has 3 heterocycles. The molecule has 0 bridgehead atoms. The molecule has 10 heteroatoms. The third-order valence-electron chi connectivity index (χ3n) is 5.73. The molecule has 0 spiro atoms. The molecule has 1 atom stereocenters. The summed E-state index contributed by atoms with van der Waals surface area (Å²) in [7, 11) is 0. The molecule has 0 aliphatic carbocycles. The van der Waals surface area contributed by atoms with Crippen molar-refractivity contribution < 1.29 is 9.53 Å². The van der Waals surface area contributed by atoms with Crippen molar-refractivity contribution >= 4 is 23.5 Å². The van der Waals surface area contributed by atoms with E-state index in [9.17, 15) is 10.1 Å². The van der Waals surface area contributed by atoms with Crippen molar-refractivity contribution in [2.45, 2.75) is 51.4 Å². The highest BCUT2D eigenvalue weighted by Gasteiger charge is 2.24. The molecule has 3 aromatic rings. The van der Waals surface area contributed by atoms with Gasteiger partial charge < -0.3 is 14.6 Å². The molecular weight excluding hydrogens is 426 g/mol. The Morgan fingerprint density at radius 1 is 1.34 bits per heavy atom. The van der Waals surface area contributed by atoms with Gasteiger partial charge in [-0.1, -0.05) is 30.0 Å². The number of aromatic nitrogens is 5. The fourth-order valence-corrected chi connectivity index (χ4v) is 4.55. The van der Waals surface area contributed by atoms with Gasteiger partial charge in [0, 0.05) is 12.3 Å². The predicted molar refractivity (Wildman–Crippen MR) is 121 cm³/mol. The maximum absolute atomic E-state index is 12.8. The molecule has 1 aliphatic heterocycles. The molecule has 0 radical (unpaired) electrons. The first kappa shape index (κ1) is 22.0. The number of carbonyl (C=O) groups excluding carboxylic acids is 1. The molecule has 1 fully saturated rings. The van der Waals surface area contributed by atoms with Crippen LogP contribution in [0.2, 0.25) is 0 Å². The van der Waals surface area contributed by atoms with Crippen LogP contribution in [0.25, 0.3) is 5.69 Å². The topological polar surface area (TPSA) is 111 Å². The summed E-state index contributed by atoms with van der Waals surface area (Å²) >= 11 is 1.25. The number of nitrogens with zero attached hydrogens (tertiary/aromatic N) is 6. The Labute approximate surface area is 190 Å². The average molecular weight is 452 g/mol. The van der Waals surface area contributed by atoms with Crippen molar-refractivity contribution in [3.63, 3.8) is 0 Å². The van der Waals surface area contributed by atoms with Crippen LogP contribution in [-0.4, -0.2) is 49.1 Å². The van der Waals surface area contributed by atoms with Gasteiger partial charge in [-0.25, -0.2) is 0 Å². The molecule has 9 nitrogen and oxygen atoms in total. The van der Waals surface area contributed by atoms with E-state index in [-0.39, 0.29) is 17.8 Å². The largest absolute Gasteiger partial charge is 0.376 e. The highest BCUT2D eigenvalue weighted by molar-refractivity contribution is 7.99. The molecule has 166 valence electrons. The average Bonchev–Trinajstić information content (AvgIpc) is 3.51. The maximum Gasteiger partial charge on any atom is 0.235 e. The molecule has 4 rings (SSSR count). The zero-order valence-corrected chi connectivity index (χ0v) is 19.1. The highest BCUT2D eigenvalue weighted by atomic mass is 32.2. The summed E-state index contributed by atoms with van der Waals surface area (Å²) in [5.74, 6) is 0.416. The lowest BCUT2D eigenvalue weighted by molar-refractivity contribution is -0.113. The normalized spacial score (nSPS) is 15.6. The first-order valence-electron chi connectivity index (χ1n) is 10.5. The highest BCUT2D eigenvalue weighted by Crippen LogP contribution is 2.29. The number of para-hydroxylation sites is 1. The lowest BCUT2D eigenvalue weighted by Crippen LogP contribution is -2.22. The minimum absolute atomic E-state index is 0.0933. The summed E-state index contributed by atoms with van der Waals surface area (Å²) in [6.45, 7) is 7.21. The Kier molecular flexibility index (Phi) is 6.58. The number of nitriles is 1. The molecule has 1 aliphatic rings. The Morgan fingerprint density at radius 2 is 2.16 bits per heavy atom. The van der Waals surface area contributed by atoms with E-state index in [0.717, 1.165) is 42.0 Å². The molecule has 1 N–H and O–H groups in total. The van der Waals surface area contributed by atoms with Gasteiger partial charge in [0.1, 0.15) is 11.9 Å². The zero-order valence-electron chi connectivity index (χ0n) is 18.3. The molecule has 1 aromatic carbocycles. The minimum Gasteiger partial charge on any atom is -0.376 e. The minimum atomic E-state index is -0.225. The van der Waals surface area contributed by atoms with E-state index in [2.05, 4.69) is 26.9 Å². The van der Waals surface area contributed by atoms with Crippen molar-refractivity contribution in [2.24, 2.45) is 0 Å². The standard InChI is InChI=1S/C22H25N7O2S/c1-14-7-4-5-9-19(14)29-22(25-26-27-29)32-13-20(30)24-21-18(11-23)15(2)16(3)28(21)12-17-8-6-10-31-17/h4-5,7,9,17H,6,8,10,12-13H2,1-3H3,(H,24,30)/t17-/m0/s1. The fraction of sp³-hybridized carbons (Fsp3) is 0.409. The molecule has 0 saturated carbocycles. The van der Waals surface area contributed by atoms with Gasteiger partial charge >= 0.3 is 0 Å². The fourth-order valence-electron chi connectivity index (χ4n) is 3.87. The number of amides is 1. The summed E-state index contributed by atoms with van der Waals surface area (Å²) in [5.41, 5.74) is 4.22. The molecular formula is C22H25N7O2S. The Hall–Kier alpha value is -3.16. The second kappa shape index (κ2) is 9.54. The number of hydrogen-bond acceptors (Lipinski definition) is 7. The van der Waals surface area contributed by atoms with Crippen LogP contribution in [0.1, 0.15) is 35.2 Å². The van der Waals surface area contributed by atoms with Gasteiger partial charge in [-0.2, -0.15) is 9.94 Å². The van der Waals surface area contributed by atoms with Crippen LogP contribution in [0, 0.1) is 32.1 Å².